The fraction of sp³-hybridized carbons (Fsp3) is 0.455. The second kappa shape index (κ2) is 7.80. The molecule has 0 spiro atoms. The molecule has 5 rings (SSSR count). The van der Waals surface area contributed by atoms with Crippen molar-refractivity contribution in [2.45, 2.75) is 31.2 Å². The Morgan fingerprint density at radius 3 is 2.68 bits per heavy atom. The maximum atomic E-state index is 12.3. The van der Waals surface area contributed by atoms with Crippen LogP contribution in [-0.2, 0) is 21.2 Å². The summed E-state index contributed by atoms with van der Waals surface area (Å²) in [5.74, 6) is 0.518. The quantitative estimate of drug-likeness (QED) is 0.691. The van der Waals surface area contributed by atoms with Crippen LogP contribution in [0, 0.1) is 0 Å². The maximum absolute atomic E-state index is 12.3. The Balaban J connectivity index is 1.18. The Kier molecular flexibility index (Phi) is 5.10. The van der Waals surface area contributed by atoms with Crippen LogP contribution < -0.4 is 9.47 Å². The Morgan fingerprint density at radius 1 is 1.16 bits per heavy atom. The zero-order chi connectivity index (χ0) is 21.6. The van der Waals surface area contributed by atoms with Crippen molar-refractivity contribution in [1.29, 1.82) is 0 Å². The Bertz CT molecular complexity index is 1090. The van der Waals surface area contributed by atoms with Crippen molar-refractivity contribution < 1.29 is 22.7 Å². The van der Waals surface area contributed by atoms with Gasteiger partial charge in [0.15, 0.2) is 21.7 Å². The van der Waals surface area contributed by atoms with Crippen molar-refractivity contribution in [2.24, 2.45) is 0 Å². The highest BCUT2D eigenvalue weighted by Crippen LogP contribution is 2.35. The molecule has 0 N–H and O–H groups in total. The summed E-state index contributed by atoms with van der Waals surface area (Å²) in [5, 5.41) is 0. The molecule has 1 amide bonds. The third-order valence-electron chi connectivity index (χ3n) is 6.18. The molecule has 9 heteroatoms. The van der Waals surface area contributed by atoms with Crippen LogP contribution >= 0.6 is 0 Å². The number of amides is 1. The van der Waals surface area contributed by atoms with E-state index in [9.17, 15) is 13.2 Å². The maximum Gasteiger partial charge on any atom is 0.257 e. The van der Waals surface area contributed by atoms with E-state index in [1.54, 1.807) is 11.1 Å². The number of nitrogens with zero attached hydrogens (tertiary/aromatic N) is 3. The lowest BCUT2D eigenvalue weighted by molar-refractivity contribution is -0.130. The number of hydrogen-bond donors (Lipinski definition) is 0. The average molecular weight is 444 g/mol. The fourth-order valence-electron chi connectivity index (χ4n) is 4.70. The van der Waals surface area contributed by atoms with E-state index in [1.165, 1.54) is 5.56 Å². The zero-order valence-corrected chi connectivity index (χ0v) is 18.1. The summed E-state index contributed by atoms with van der Waals surface area (Å²) in [6, 6.07) is 12.4. The summed E-state index contributed by atoms with van der Waals surface area (Å²) >= 11 is 0. The van der Waals surface area contributed by atoms with E-state index in [1.807, 2.05) is 12.1 Å². The number of rotatable bonds is 5. The molecule has 3 atom stereocenters. The van der Waals surface area contributed by atoms with E-state index in [0.29, 0.717) is 24.8 Å². The van der Waals surface area contributed by atoms with Crippen molar-refractivity contribution >= 4 is 15.7 Å². The molecule has 31 heavy (non-hydrogen) atoms. The van der Waals surface area contributed by atoms with E-state index in [0.717, 1.165) is 31.3 Å². The largest absolute Gasteiger partial charge is 0.484 e. The summed E-state index contributed by atoms with van der Waals surface area (Å²) in [7, 11) is -3.30. The number of carbonyl (C=O) groups is 1. The first kappa shape index (κ1) is 20.3. The number of aromatic nitrogens is 1. The third kappa shape index (κ3) is 4.24. The number of benzene rings is 1. The molecule has 2 fully saturated rings. The van der Waals surface area contributed by atoms with Gasteiger partial charge < -0.3 is 14.4 Å². The van der Waals surface area contributed by atoms with Gasteiger partial charge in [-0.1, -0.05) is 24.3 Å². The monoisotopic (exact) mass is 443 g/mol. The van der Waals surface area contributed by atoms with Crippen LogP contribution in [0.15, 0.2) is 42.6 Å². The summed E-state index contributed by atoms with van der Waals surface area (Å²) in [4.78, 5) is 20.6. The Hall–Kier alpha value is -2.65. The predicted molar refractivity (Wildman–Crippen MR) is 114 cm³/mol. The minimum Gasteiger partial charge on any atom is -0.484 e. The zero-order valence-electron chi connectivity index (χ0n) is 17.3. The van der Waals surface area contributed by atoms with Crippen LogP contribution in [0.1, 0.15) is 23.7 Å². The molecule has 0 aliphatic carbocycles. The molecule has 3 aliphatic rings. The number of ether oxygens (including phenoxy) is 2. The Labute approximate surface area is 181 Å². The topological polar surface area (TPSA) is 89.0 Å². The fourth-order valence-corrected chi connectivity index (χ4v) is 5.32. The molecule has 4 heterocycles. The molecule has 1 aromatic heterocycles. The number of fused-ring (bicyclic) bond motifs is 3. The van der Waals surface area contributed by atoms with E-state index in [4.69, 9.17) is 9.47 Å². The average Bonchev–Trinajstić information content (AvgIpc) is 3.33. The van der Waals surface area contributed by atoms with Crippen molar-refractivity contribution in [1.82, 2.24) is 14.8 Å². The van der Waals surface area contributed by atoms with Crippen LogP contribution in [0.25, 0.3) is 0 Å². The normalized spacial score (nSPS) is 25.1. The molecular formula is C22H25N3O5S. The van der Waals surface area contributed by atoms with Crippen LogP contribution in [0.4, 0.5) is 0 Å². The summed E-state index contributed by atoms with van der Waals surface area (Å²) in [6.45, 7) is 2.65. The van der Waals surface area contributed by atoms with Gasteiger partial charge in [0.25, 0.3) is 5.88 Å². The molecule has 3 unspecified atom stereocenters. The number of hydrogen-bond acceptors (Lipinski definition) is 7. The molecule has 1 aromatic carbocycles. The number of pyridine rings is 1. The number of sulfone groups is 1. The van der Waals surface area contributed by atoms with Gasteiger partial charge >= 0.3 is 0 Å². The third-order valence-corrected chi connectivity index (χ3v) is 6.95. The van der Waals surface area contributed by atoms with Gasteiger partial charge in [-0.15, -0.1) is 0 Å². The van der Waals surface area contributed by atoms with E-state index in [-0.39, 0.29) is 24.1 Å². The summed E-state index contributed by atoms with van der Waals surface area (Å²) in [6.07, 6.45) is 3.52. The minimum atomic E-state index is -3.30. The van der Waals surface area contributed by atoms with Gasteiger partial charge in [-0.2, -0.15) is 0 Å². The molecule has 2 bridgehead atoms. The van der Waals surface area contributed by atoms with Crippen molar-refractivity contribution in [3.63, 3.8) is 0 Å². The summed E-state index contributed by atoms with van der Waals surface area (Å²) in [5.41, 5.74) is 2.24. The standard InChI is InChI=1S/C22H25N3O5S/c1-31(27,28)14-21(26)25-12-17-9-18(25)11-24(17)10-15-4-6-16(7-5-15)20-13-29-19-3-2-8-23-22(19)30-20/h2-8,17-18,20H,9-14H2,1H3. The molecule has 164 valence electrons. The highest BCUT2D eigenvalue weighted by molar-refractivity contribution is 7.91. The van der Waals surface area contributed by atoms with E-state index >= 15 is 0 Å². The van der Waals surface area contributed by atoms with Gasteiger partial charge in [0.05, 0.1) is 0 Å². The predicted octanol–water partition coefficient (Wildman–Crippen LogP) is 1.42. The van der Waals surface area contributed by atoms with E-state index < -0.39 is 15.6 Å². The highest BCUT2D eigenvalue weighted by Gasteiger charge is 2.45. The van der Waals surface area contributed by atoms with Crippen LogP contribution in [0.5, 0.6) is 11.6 Å². The lowest BCUT2D eigenvalue weighted by Crippen LogP contribution is -2.49. The lowest BCUT2D eigenvalue weighted by atomic mass is 10.1. The smallest absolute Gasteiger partial charge is 0.257 e. The molecule has 2 saturated heterocycles. The van der Waals surface area contributed by atoms with E-state index in [2.05, 4.69) is 34.1 Å². The summed E-state index contributed by atoms with van der Waals surface area (Å²) < 4.78 is 34.6. The lowest BCUT2D eigenvalue weighted by Gasteiger charge is -2.34. The van der Waals surface area contributed by atoms with Gasteiger partial charge in [0.1, 0.15) is 12.4 Å². The second-order valence-corrected chi connectivity index (χ2v) is 10.7. The molecule has 0 saturated carbocycles. The molecule has 0 radical (unpaired) electrons. The van der Waals surface area contributed by atoms with Gasteiger partial charge in [-0.05, 0) is 29.7 Å². The molecule has 8 nitrogen and oxygen atoms in total. The van der Waals surface area contributed by atoms with Crippen molar-refractivity contribution in [3.05, 3.63) is 53.7 Å². The SMILES string of the molecule is CS(=O)(=O)CC(=O)N1CC2CC1CN2Cc1ccc(C2COc3cccnc3O2)cc1. The highest BCUT2D eigenvalue weighted by atomic mass is 32.2. The molecule has 3 aliphatic heterocycles. The van der Waals surface area contributed by atoms with Crippen LogP contribution in [0.2, 0.25) is 0 Å². The number of piperazine rings is 1. The van der Waals surface area contributed by atoms with Crippen molar-refractivity contribution in [3.8, 4) is 11.6 Å². The van der Waals surface area contributed by atoms with Crippen LogP contribution in [0.3, 0.4) is 0 Å². The van der Waals surface area contributed by atoms with Gasteiger partial charge in [-0.3, -0.25) is 9.69 Å². The molecular weight excluding hydrogens is 418 g/mol. The van der Waals surface area contributed by atoms with Crippen LogP contribution in [-0.4, -0.2) is 72.9 Å². The molecule has 2 aromatic rings. The van der Waals surface area contributed by atoms with Gasteiger partial charge in [0, 0.05) is 44.2 Å². The second-order valence-electron chi connectivity index (χ2n) is 8.55. The van der Waals surface area contributed by atoms with Crippen molar-refractivity contribution in [2.75, 3.05) is 31.7 Å². The first-order valence-corrected chi connectivity index (χ1v) is 12.5. The number of likely N-dealkylation sites (tertiary alicyclic amines) is 2. The Morgan fingerprint density at radius 2 is 1.97 bits per heavy atom. The minimum absolute atomic E-state index is 0.110. The first-order valence-electron chi connectivity index (χ1n) is 10.4. The number of carbonyl (C=O) groups excluding carboxylic acids is 1. The van der Waals surface area contributed by atoms with Gasteiger partial charge in [0.2, 0.25) is 5.91 Å². The first-order chi connectivity index (χ1) is 14.9. The van der Waals surface area contributed by atoms with Gasteiger partial charge in [-0.25, -0.2) is 13.4 Å².